The Morgan fingerprint density at radius 3 is 2.74 bits per heavy atom. The summed E-state index contributed by atoms with van der Waals surface area (Å²) in [6.07, 6.45) is 4.27. The van der Waals surface area contributed by atoms with Gasteiger partial charge in [-0.3, -0.25) is 9.69 Å². The lowest BCUT2D eigenvalue weighted by Gasteiger charge is -2.46. The molecule has 0 bridgehead atoms. The van der Waals surface area contributed by atoms with Crippen molar-refractivity contribution in [2.45, 2.75) is 39.7 Å². The highest BCUT2D eigenvalue weighted by Gasteiger charge is 2.37. The number of nitrogens with zero attached hydrogens (tertiary/aromatic N) is 6. The number of fused-ring (bicyclic) bond motifs is 1. The number of ketones is 1. The Labute approximate surface area is 210 Å². The minimum atomic E-state index is -0.107. The molecule has 5 rings (SSSR count). The fourth-order valence-electron chi connectivity index (χ4n) is 5.37. The molecule has 0 radical (unpaired) electrons. The van der Waals surface area contributed by atoms with E-state index in [4.69, 9.17) is 38.3 Å². The van der Waals surface area contributed by atoms with Crippen LogP contribution in [0.3, 0.4) is 0 Å². The number of Topliss-reactive ketones (excluding diaryl/α,β-unsaturated/α-hetero) is 1. The molecule has 1 aromatic carbocycles. The predicted molar refractivity (Wildman–Crippen MR) is 136 cm³/mol. The fraction of sp³-hybridized carbons (Fsp3) is 0.520. The number of carbonyl (C=O) groups excluding carboxylic acids is 1. The third-order valence-corrected chi connectivity index (χ3v) is 7.79. The first-order valence-electron chi connectivity index (χ1n) is 11.9. The quantitative estimate of drug-likeness (QED) is 0.484. The number of benzene rings is 1. The third-order valence-electron chi connectivity index (χ3n) is 7.23. The molecule has 0 unspecified atom stereocenters. The smallest absolute Gasteiger partial charge is 0.179 e. The van der Waals surface area contributed by atoms with Gasteiger partial charge in [0.1, 0.15) is 17.1 Å². The molecular formula is C25H30Cl2N6O. The maximum atomic E-state index is 11.5. The molecule has 34 heavy (non-hydrogen) atoms. The summed E-state index contributed by atoms with van der Waals surface area (Å²) in [5.74, 6) is 2.41. The lowest BCUT2D eigenvalue weighted by atomic mass is 9.80. The second-order valence-electron chi connectivity index (χ2n) is 9.78. The van der Waals surface area contributed by atoms with Gasteiger partial charge in [0.2, 0.25) is 0 Å². The molecule has 4 heterocycles. The SMILES string of the molecule is CC(=O)CN1CCC[C@@H](C2CN(c3cnc4c(C)nn([C@H](C)c5ccc(Cl)cc5Cl)c4n3)C2)C1. The van der Waals surface area contributed by atoms with Gasteiger partial charge in [0, 0.05) is 29.7 Å². The van der Waals surface area contributed by atoms with Gasteiger partial charge in [0.15, 0.2) is 5.65 Å². The number of aromatic nitrogens is 4. The van der Waals surface area contributed by atoms with Gasteiger partial charge < -0.3 is 4.90 Å². The van der Waals surface area contributed by atoms with E-state index in [0.29, 0.717) is 28.4 Å². The van der Waals surface area contributed by atoms with Crippen LogP contribution in [0.5, 0.6) is 0 Å². The van der Waals surface area contributed by atoms with Crippen LogP contribution in [0.15, 0.2) is 24.4 Å². The molecule has 2 aromatic heterocycles. The molecule has 2 fully saturated rings. The zero-order chi connectivity index (χ0) is 24.0. The number of halogens is 2. The van der Waals surface area contributed by atoms with Gasteiger partial charge in [0.05, 0.1) is 24.5 Å². The Morgan fingerprint density at radius 1 is 1.21 bits per heavy atom. The van der Waals surface area contributed by atoms with Crippen LogP contribution in [-0.2, 0) is 4.79 Å². The molecule has 180 valence electrons. The van der Waals surface area contributed by atoms with Gasteiger partial charge in [-0.15, -0.1) is 0 Å². The molecule has 2 atom stereocenters. The van der Waals surface area contributed by atoms with E-state index in [1.807, 2.05) is 29.9 Å². The second-order valence-corrected chi connectivity index (χ2v) is 10.6. The van der Waals surface area contributed by atoms with Gasteiger partial charge in [-0.25, -0.2) is 14.6 Å². The Balaban J connectivity index is 1.33. The molecule has 0 aliphatic carbocycles. The van der Waals surface area contributed by atoms with E-state index in [1.54, 1.807) is 13.0 Å². The molecule has 2 aliphatic rings. The summed E-state index contributed by atoms with van der Waals surface area (Å²) in [5.41, 5.74) is 3.37. The van der Waals surface area contributed by atoms with Crippen molar-refractivity contribution in [1.29, 1.82) is 0 Å². The summed E-state index contributed by atoms with van der Waals surface area (Å²) in [4.78, 5) is 25.8. The molecule has 2 saturated heterocycles. The third kappa shape index (κ3) is 4.53. The van der Waals surface area contributed by atoms with Crippen molar-refractivity contribution in [3.05, 3.63) is 45.7 Å². The number of hydrogen-bond acceptors (Lipinski definition) is 6. The van der Waals surface area contributed by atoms with E-state index >= 15 is 0 Å². The standard InChI is InChI=1S/C25H30Cl2N6O/c1-15(34)11-31-8-4-5-18(12-31)19-13-32(14-19)23-10-28-24-16(2)30-33(25(24)29-23)17(3)21-7-6-20(26)9-22(21)27/h6-7,9-10,17-19H,4-5,8,11-14H2,1-3H3/t17-,18-/m1/s1. The van der Waals surface area contributed by atoms with Crippen LogP contribution in [0.2, 0.25) is 10.0 Å². The predicted octanol–water partition coefficient (Wildman–Crippen LogP) is 4.79. The van der Waals surface area contributed by atoms with Crippen molar-refractivity contribution in [2.24, 2.45) is 11.8 Å². The minimum absolute atomic E-state index is 0.107. The van der Waals surface area contributed by atoms with E-state index in [0.717, 1.165) is 54.4 Å². The van der Waals surface area contributed by atoms with Gasteiger partial charge >= 0.3 is 0 Å². The lowest BCUT2D eigenvalue weighted by Crippen LogP contribution is -2.54. The van der Waals surface area contributed by atoms with E-state index < -0.39 is 0 Å². The second kappa shape index (κ2) is 9.44. The van der Waals surface area contributed by atoms with Crippen LogP contribution < -0.4 is 4.90 Å². The topological polar surface area (TPSA) is 67.2 Å². The van der Waals surface area contributed by atoms with Crippen LogP contribution in [0.1, 0.15) is 44.0 Å². The number of aryl methyl sites for hydroxylation is 1. The van der Waals surface area contributed by atoms with E-state index in [1.165, 1.54) is 12.8 Å². The molecule has 0 saturated carbocycles. The van der Waals surface area contributed by atoms with Crippen molar-refractivity contribution in [3.8, 4) is 0 Å². The Bertz CT molecular complexity index is 1220. The minimum Gasteiger partial charge on any atom is -0.355 e. The van der Waals surface area contributed by atoms with Crippen molar-refractivity contribution in [3.63, 3.8) is 0 Å². The number of rotatable bonds is 6. The largest absolute Gasteiger partial charge is 0.355 e. The molecular weight excluding hydrogens is 471 g/mol. The van der Waals surface area contributed by atoms with Crippen LogP contribution in [-0.4, -0.2) is 63.2 Å². The maximum absolute atomic E-state index is 11.5. The average Bonchev–Trinajstić information content (AvgIpc) is 3.08. The highest BCUT2D eigenvalue weighted by Crippen LogP contribution is 2.35. The average molecular weight is 501 g/mol. The summed E-state index contributed by atoms with van der Waals surface area (Å²) in [6.45, 7) is 10.3. The summed E-state index contributed by atoms with van der Waals surface area (Å²) < 4.78 is 1.91. The lowest BCUT2D eigenvalue weighted by molar-refractivity contribution is -0.118. The first kappa shape index (κ1) is 23.5. The number of likely N-dealkylation sites (tertiary alicyclic amines) is 1. The monoisotopic (exact) mass is 500 g/mol. The normalized spacial score (nSPS) is 20.5. The molecule has 7 nitrogen and oxygen atoms in total. The van der Waals surface area contributed by atoms with E-state index in [9.17, 15) is 4.79 Å². The maximum Gasteiger partial charge on any atom is 0.179 e. The Hall–Kier alpha value is -2.22. The van der Waals surface area contributed by atoms with Crippen molar-refractivity contribution < 1.29 is 4.79 Å². The molecule has 2 aliphatic heterocycles. The molecule has 0 N–H and O–H groups in total. The first-order valence-corrected chi connectivity index (χ1v) is 12.7. The van der Waals surface area contributed by atoms with Gasteiger partial charge in [-0.1, -0.05) is 29.3 Å². The van der Waals surface area contributed by atoms with Crippen LogP contribution >= 0.6 is 23.2 Å². The molecule has 0 spiro atoms. The Morgan fingerprint density at radius 2 is 2.00 bits per heavy atom. The van der Waals surface area contributed by atoms with Crippen molar-refractivity contribution in [2.75, 3.05) is 37.6 Å². The summed E-state index contributed by atoms with van der Waals surface area (Å²) in [6, 6.07) is 5.43. The zero-order valence-corrected chi connectivity index (χ0v) is 21.4. The zero-order valence-electron chi connectivity index (χ0n) is 19.8. The van der Waals surface area contributed by atoms with Crippen LogP contribution in [0.25, 0.3) is 11.2 Å². The van der Waals surface area contributed by atoms with Crippen molar-refractivity contribution in [1.82, 2.24) is 24.6 Å². The Kier molecular flexibility index (Phi) is 6.53. The summed E-state index contributed by atoms with van der Waals surface area (Å²) >= 11 is 12.6. The number of anilines is 1. The van der Waals surface area contributed by atoms with E-state index in [2.05, 4.69) is 16.7 Å². The van der Waals surface area contributed by atoms with Crippen LogP contribution in [0, 0.1) is 18.8 Å². The number of piperidine rings is 1. The number of carbonyl (C=O) groups is 1. The molecule has 0 amide bonds. The van der Waals surface area contributed by atoms with Crippen LogP contribution in [0.4, 0.5) is 5.82 Å². The van der Waals surface area contributed by atoms with Gasteiger partial charge in [-0.05, 0) is 69.7 Å². The summed E-state index contributed by atoms with van der Waals surface area (Å²) in [5, 5.41) is 5.97. The molecule has 9 heteroatoms. The first-order chi connectivity index (χ1) is 16.3. The van der Waals surface area contributed by atoms with Gasteiger partial charge in [-0.2, -0.15) is 5.10 Å². The highest BCUT2D eigenvalue weighted by molar-refractivity contribution is 6.35. The molecule has 3 aromatic rings. The fourth-order valence-corrected chi connectivity index (χ4v) is 5.93. The number of hydrogen-bond donors (Lipinski definition) is 0. The van der Waals surface area contributed by atoms with Crippen molar-refractivity contribution >= 4 is 46.0 Å². The van der Waals surface area contributed by atoms with Gasteiger partial charge in [0.25, 0.3) is 0 Å². The van der Waals surface area contributed by atoms with E-state index in [-0.39, 0.29) is 11.8 Å². The highest BCUT2D eigenvalue weighted by atomic mass is 35.5. The summed E-state index contributed by atoms with van der Waals surface area (Å²) in [7, 11) is 0.